The lowest BCUT2D eigenvalue weighted by Crippen LogP contribution is -2.45. The zero-order chi connectivity index (χ0) is 20.1. The van der Waals surface area contributed by atoms with Crippen LogP contribution in [0.15, 0.2) is 48.5 Å². The third-order valence-corrected chi connectivity index (χ3v) is 4.55. The topological polar surface area (TPSA) is 111 Å². The second kappa shape index (κ2) is 8.51. The molecule has 1 heterocycles. The molecule has 4 rings (SSSR count). The number of amides is 2. The van der Waals surface area contributed by atoms with Crippen molar-refractivity contribution >= 4 is 11.8 Å². The van der Waals surface area contributed by atoms with Gasteiger partial charge in [-0.15, -0.1) is 10.2 Å². The molecule has 2 N–H and O–H groups in total. The zero-order valence-electron chi connectivity index (χ0n) is 15.7. The van der Waals surface area contributed by atoms with Crippen molar-refractivity contribution in [2.24, 2.45) is 0 Å². The molecule has 0 saturated heterocycles. The van der Waals surface area contributed by atoms with Crippen molar-refractivity contribution in [1.82, 2.24) is 31.1 Å². The van der Waals surface area contributed by atoms with Crippen LogP contribution in [0.25, 0.3) is 11.4 Å². The quantitative estimate of drug-likeness (QED) is 0.607. The lowest BCUT2D eigenvalue weighted by molar-refractivity contribution is -0.130. The molecule has 3 aromatic rings. The normalized spacial score (nSPS) is 12.3. The summed E-state index contributed by atoms with van der Waals surface area (Å²) in [4.78, 5) is 25.0. The molecule has 0 saturated carbocycles. The van der Waals surface area contributed by atoms with Gasteiger partial charge in [0.25, 0.3) is 11.8 Å². The molecule has 0 unspecified atom stereocenters. The van der Waals surface area contributed by atoms with Gasteiger partial charge in [0.15, 0.2) is 6.61 Å². The smallest absolute Gasteiger partial charge is 0.276 e. The first-order chi connectivity index (χ1) is 14.2. The van der Waals surface area contributed by atoms with Crippen LogP contribution in [-0.2, 0) is 29.0 Å². The summed E-state index contributed by atoms with van der Waals surface area (Å²) in [7, 11) is 0. The van der Waals surface area contributed by atoms with Crippen LogP contribution in [0.1, 0.15) is 17.5 Å². The number of aromatic nitrogens is 4. The van der Waals surface area contributed by atoms with E-state index >= 15 is 0 Å². The van der Waals surface area contributed by atoms with Crippen molar-refractivity contribution in [2.45, 2.75) is 25.8 Å². The largest absolute Gasteiger partial charge is 0.484 e. The third-order valence-electron chi connectivity index (χ3n) is 4.55. The van der Waals surface area contributed by atoms with Gasteiger partial charge >= 0.3 is 0 Å². The standard InChI is InChI=1S/C20H20N6O3/c27-18(12-26-24-20(23-25-26)15-5-2-1-3-6-15)21-22-19(28)13-29-17-10-9-14-7-4-8-16(14)11-17/h1-3,5-6,9-11H,4,7-8,12-13H2,(H,21,27)(H,22,28). The number of aryl methyl sites for hydroxylation is 2. The molecule has 29 heavy (non-hydrogen) atoms. The molecule has 1 aliphatic rings. The fraction of sp³-hybridized carbons (Fsp3) is 0.250. The van der Waals surface area contributed by atoms with Gasteiger partial charge in [-0.2, -0.15) is 4.80 Å². The highest BCUT2D eigenvalue weighted by Gasteiger charge is 2.13. The average molecular weight is 392 g/mol. The van der Waals surface area contributed by atoms with Crippen molar-refractivity contribution in [3.05, 3.63) is 59.7 Å². The second-order valence-electron chi connectivity index (χ2n) is 6.68. The Hall–Kier alpha value is -3.75. The maximum atomic E-state index is 12.0. The molecule has 2 aromatic carbocycles. The van der Waals surface area contributed by atoms with Crippen molar-refractivity contribution in [3.63, 3.8) is 0 Å². The minimum Gasteiger partial charge on any atom is -0.484 e. The first-order valence-electron chi connectivity index (χ1n) is 9.33. The molecule has 148 valence electrons. The van der Waals surface area contributed by atoms with E-state index in [1.165, 1.54) is 11.1 Å². The number of nitrogens with zero attached hydrogens (tertiary/aromatic N) is 4. The van der Waals surface area contributed by atoms with E-state index in [-0.39, 0.29) is 13.2 Å². The number of tetrazole rings is 1. The van der Waals surface area contributed by atoms with Crippen LogP contribution < -0.4 is 15.6 Å². The number of hydrogen-bond acceptors (Lipinski definition) is 6. The predicted octanol–water partition coefficient (Wildman–Crippen LogP) is 1.06. The molecular weight excluding hydrogens is 372 g/mol. The summed E-state index contributed by atoms with van der Waals surface area (Å²) in [5.74, 6) is 0.126. The summed E-state index contributed by atoms with van der Waals surface area (Å²) < 4.78 is 5.49. The number of hydrogen-bond donors (Lipinski definition) is 2. The van der Waals surface area contributed by atoms with Gasteiger partial charge in [-0.3, -0.25) is 20.4 Å². The lowest BCUT2D eigenvalue weighted by atomic mass is 10.1. The molecule has 2 amide bonds. The summed E-state index contributed by atoms with van der Waals surface area (Å²) in [5.41, 5.74) is 8.03. The van der Waals surface area contributed by atoms with E-state index in [4.69, 9.17) is 4.74 Å². The summed E-state index contributed by atoms with van der Waals surface area (Å²) >= 11 is 0. The van der Waals surface area contributed by atoms with Crippen molar-refractivity contribution in [3.8, 4) is 17.1 Å². The SMILES string of the molecule is O=C(COc1ccc2c(c1)CCC2)NNC(=O)Cn1nnc(-c2ccccc2)n1. The van der Waals surface area contributed by atoms with Crippen LogP contribution in [-0.4, -0.2) is 38.6 Å². The Morgan fingerprint density at radius 2 is 1.79 bits per heavy atom. The summed E-state index contributed by atoms with van der Waals surface area (Å²) in [6, 6.07) is 15.2. The van der Waals surface area contributed by atoms with Crippen LogP contribution in [0.2, 0.25) is 0 Å². The van der Waals surface area contributed by atoms with Crippen molar-refractivity contribution in [2.75, 3.05) is 6.61 Å². The van der Waals surface area contributed by atoms with Gasteiger partial charge in [0.2, 0.25) is 5.82 Å². The van der Waals surface area contributed by atoms with Crippen molar-refractivity contribution in [1.29, 1.82) is 0 Å². The van der Waals surface area contributed by atoms with E-state index < -0.39 is 11.8 Å². The zero-order valence-corrected chi connectivity index (χ0v) is 15.7. The Morgan fingerprint density at radius 1 is 1.00 bits per heavy atom. The minimum absolute atomic E-state index is 0.175. The molecular formula is C20H20N6O3. The van der Waals surface area contributed by atoms with Gasteiger partial charge in [-0.05, 0) is 47.7 Å². The first-order valence-corrected chi connectivity index (χ1v) is 9.33. The minimum atomic E-state index is -0.479. The molecule has 0 aliphatic heterocycles. The molecule has 0 fully saturated rings. The predicted molar refractivity (Wildman–Crippen MR) is 104 cm³/mol. The number of fused-ring (bicyclic) bond motifs is 1. The van der Waals surface area contributed by atoms with Crippen LogP contribution in [0.4, 0.5) is 0 Å². The molecule has 9 heteroatoms. The van der Waals surface area contributed by atoms with Crippen LogP contribution in [0.3, 0.4) is 0 Å². The van der Waals surface area contributed by atoms with Gasteiger partial charge < -0.3 is 4.74 Å². The van der Waals surface area contributed by atoms with Crippen LogP contribution in [0.5, 0.6) is 5.75 Å². The number of rotatable bonds is 6. The molecule has 9 nitrogen and oxygen atoms in total. The Morgan fingerprint density at radius 3 is 2.66 bits per heavy atom. The van der Waals surface area contributed by atoms with E-state index in [1.807, 2.05) is 48.5 Å². The number of hydrazine groups is 1. The van der Waals surface area contributed by atoms with E-state index in [2.05, 4.69) is 26.3 Å². The fourth-order valence-corrected chi connectivity index (χ4v) is 3.14. The second-order valence-corrected chi connectivity index (χ2v) is 6.68. The van der Waals surface area contributed by atoms with Gasteiger partial charge in [-0.25, -0.2) is 0 Å². The number of benzene rings is 2. The molecule has 1 aromatic heterocycles. The summed E-state index contributed by atoms with van der Waals surface area (Å²) in [6.45, 7) is -0.370. The van der Waals surface area contributed by atoms with E-state index in [1.54, 1.807) is 0 Å². The van der Waals surface area contributed by atoms with E-state index in [9.17, 15) is 9.59 Å². The average Bonchev–Trinajstić information content (AvgIpc) is 3.40. The molecule has 1 aliphatic carbocycles. The summed E-state index contributed by atoms with van der Waals surface area (Å²) in [6.07, 6.45) is 3.28. The lowest BCUT2D eigenvalue weighted by Gasteiger charge is -2.09. The third kappa shape index (κ3) is 4.75. The Balaban J connectivity index is 1.21. The first kappa shape index (κ1) is 18.6. The highest BCUT2D eigenvalue weighted by molar-refractivity contribution is 5.82. The maximum Gasteiger partial charge on any atom is 0.276 e. The fourth-order valence-electron chi connectivity index (χ4n) is 3.14. The van der Waals surface area contributed by atoms with Crippen LogP contribution >= 0.6 is 0 Å². The van der Waals surface area contributed by atoms with Gasteiger partial charge in [-0.1, -0.05) is 36.4 Å². The molecule has 0 atom stereocenters. The van der Waals surface area contributed by atoms with E-state index in [0.717, 1.165) is 29.6 Å². The Labute approximate surface area is 167 Å². The number of nitrogens with one attached hydrogen (secondary N) is 2. The monoisotopic (exact) mass is 392 g/mol. The molecule has 0 spiro atoms. The van der Waals surface area contributed by atoms with Gasteiger partial charge in [0.1, 0.15) is 12.3 Å². The highest BCUT2D eigenvalue weighted by Crippen LogP contribution is 2.25. The van der Waals surface area contributed by atoms with Crippen LogP contribution in [0, 0.1) is 0 Å². The summed E-state index contributed by atoms with van der Waals surface area (Å²) in [5, 5.41) is 11.9. The van der Waals surface area contributed by atoms with E-state index in [0.29, 0.717) is 11.6 Å². The number of carbonyl (C=O) groups excluding carboxylic acids is 2. The van der Waals surface area contributed by atoms with Crippen molar-refractivity contribution < 1.29 is 14.3 Å². The Bertz CT molecular complexity index is 1020. The molecule has 0 bridgehead atoms. The Kier molecular flexibility index (Phi) is 5.46. The highest BCUT2D eigenvalue weighted by atomic mass is 16.5. The van der Waals surface area contributed by atoms with Gasteiger partial charge in [0.05, 0.1) is 0 Å². The number of ether oxygens (including phenoxy) is 1. The maximum absolute atomic E-state index is 12.0. The van der Waals surface area contributed by atoms with Gasteiger partial charge in [0, 0.05) is 5.56 Å². The number of carbonyl (C=O) groups is 2. The molecule has 0 radical (unpaired) electrons.